The molecule has 0 heteroatoms. The number of rotatable bonds is 12. The fourth-order valence-corrected chi connectivity index (χ4v) is 5.52. The van der Waals surface area contributed by atoms with Gasteiger partial charge >= 0.3 is 0 Å². The predicted molar refractivity (Wildman–Crippen MR) is 134 cm³/mol. The summed E-state index contributed by atoms with van der Waals surface area (Å²) in [6.45, 7) is 4.61. The molecule has 2 rings (SSSR count). The Morgan fingerprint density at radius 3 is 1.40 bits per heavy atom. The molecule has 0 bridgehead atoms. The van der Waals surface area contributed by atoms with Crippen molar-refractivity contribution in [1.82, 2.24) is 0 Å². The molecule has 2 aliphatic rings. The minimum atomic E-state index is 0.780. The van der Waals surface area contributed by atoms with E-state index in [0.717, 1.165) is 23.7 Å². The Bertz CT molecular complexity index is 512. The molecule has 0 aromatic heterocycles. The Hall–Kier alpha value is -0.960. The summed E-state index contributed by atoms with van der Waals surface area (Å²) in [6, 6.07) is 0. The topological polar surface area (TPSA) is 0 Å². The van der Waals surface area contributed by atoms with Crippen LogP contribution in [0.5, 0.6) is 0 Å². The second-order valence-corrected chi connectivity index (χ2v) is 10.3. The Morgan fingerprint density at radius 1 is 0.533 bits per heavy atom. The van der Waals surface area contributed by atoms with Crippen molar-refractivity contribution >= 4 is 0 Å². The minimum Gasteiger partial charge on any atom is -0.0730 e. The van der Waals surface area contributed by atoms with E-state index in [1.807, 2.05) is 0 Å². The molecule has 0 atom stereocenters. The highest BCUT2D eigenvalue weighted by Gasteiger charge is 2.19. The molecule has 0 saturated heterocycles. The molecule has 0 nitrogen and oxygen atoms in total. The highest BCUT2D eigenvalue weighted by Crippen LogP contribution is 2.33. The van der Waals surface area contributed by atoms with E-state index in [4.69, 9.17) is 0 Å². The van der Waals surface area contributed by atoms with Crippen molar-refractivity contribution in [2.45, 2.75) is 129 Å². The van der Waals surface area contributed by atoms with Crippen molar-refractivity contribution in [1.29, 1.82) is 0 Å². The fourth-order valence-electron chi connectivity index (χ4n) is 5.52. The lowest BCUT2D eigenvalue weighted by atomic mass is 9.79. The largest absolute Gasteiger partial charge is 0.0730 e. The zero-order valence-corrected chi connectivity index (χ0v) is 20.3. The van der Waals surface area contributed by atoms with Gasteiger partial charge in [0.1, 0.15) is 0 Å². The average Bonchev–Trinajstić information content (AvgIpc) is 2.78. The van der Waals surface area contributed by atoms with E-state index in [0.29, 0.717) is 0 Å². The van der Waals surface area contributed by atoms with E-state index in [9.17, 15) is 0 Å². The van der Waals surface area contributed by atoms with Gasteiger partial charge < -0.3 is 0 Å². The first-order valence-electron chi connectivity index (χ1n) is 13.7. The van der Waals surface area contributed by atoms with E-state index >= 15 is 0 Å². The van der Waals surface area contributed by atoms with Crippen LogP contribution in [0, 0.1) is 35.5 Å². The van der Waals surface area contributed by atoms with Crippen LogP contribution in [0.15, 0.2) is 24.3 Å². The Labute approximate surface area is 189 Å². The normalized spacial score (nSPS) is 27.4. The maximum absolute atomic E-state index is 3.26. The summed E-state index contributed by atoms with van der Waals surface area (Å²) < 4.78 is 0. The van der Waals surface area contributed by atoms with E-state index in [1.165, 1.54) is 116 Å². The summed E-state index contributed by atoms with van der Waals surface area (Å²) in [5.74, 6) is 10.1. The standard InChI is InChI=1S/C30H50/c1-3-5-7-8-12-16-28-23-25-30(26-24-28)18-14-10-9-13-17-29-21-19-27(20-22-29)15-11-6-4-2/h13-14,17-18,27-30H,3-8,11-12,15-16,19-26H2,1-2H3/b17-13+,18-14+/t27-,28-,29-,30-. The van der Waals surface area contributed by atoms with Gasteiger partial charge in [-0.25, -0.2) is 0 Å². The molecule has 0 aromatic rings. The second-order valence-electron chi connectivity index (χ2n) is 10.3. The average molecular weight is 411 g/mol. The first-order chi connectivity index (χ1) is 14.8. The number of hydrogen-bond acceptors (Lipinski definition) is 0. The SMILES string of the molecule is CCCCCCC[C@H]1CC[C@H](/C=C/C#C/C=C/[C@H]2CC[C@H](CCCCC)CC2)CC1. The summed E-state index contributed by atoms with van der Waals surface area (Å²) in [4.78, 5) is 0. The quantitative estimate of drug-likeness (QED) is 0.222. The molecule has 2 saturated carbocycles. The number of allylic oxidation sites excluding steroid dienone is 4. The predicted octanol–water partition coefficient (Wildman–Crippen LogP) is 9.66. The molecule has 0 radical (unpaired) electrons. The van der Waals surface area contributed by atoms with Crippen LogP contribution in [-0.4, -0.2) is 0 Å². The van der Waals surface area contributed by atoms with Crippen LogP contribution >= 0.6 is 0 Å². The molecular weight excluding hydrogens is 360 g/mol. The zero-order valence-electron chi connectivity index (χ0n) is 20.3. The van der Waals surface area contributed by atoms with Gasteiger partial charge in [-0.15, -0.1) is 0 Å². The monoisotopic (exact) mass is 410 g/mol. The van der Waals surface area contributed by atoms with E-state index in [-0.39, 0.29) is 0 Å². The summed E-state index contributed by atoms with van der Waals surface area (Å²) in [5, 5.41) is 0. The molecule has 0 unspecified atom stereocenters. The van der Waals surface area contributed by atoms with E-state index in [1.54, 1.807) is 0 Å². The van der Waals surface area contributed by atoms with Crippen molar-refractivity contribution in [3.8, 4) is 11.8 Å². The molecule has 0 aliphatic heterocycles. The van der Waals surface area contributed by atoms with Crippen LogP contribution < -0.4 is 0 Å². The molecule has 0 aromatic carbocycles. The lowest BCUT2D eigenvalue weighted by Crippen LogP contribution is -2.13. The molecule has 0 amide bonds. The highest BCUT2D eigenvalue weighted by atomic mass is 14.2. The van der Waals surface area contributed by atoms with Crippen LogP contribution in [0.25, 0.3) is 0 Å². The fraction of sp³-hybridized carbons (Fsp3) is 0.800. The maximum Gasteiger partial charge on any atom is -0.0153 e. The van der Waals surface area contributed by atoms with Crippen molar-refractivity contribution in [2.75, 3.05) is 0 Å². The number of unbranched alkanes of at least 4 members (excludes halogenated alkanes) is 6. The summed E-state index contributed by atoms with van der Waals surface area (Å²) >= 11 is 0. The van der Waals surface area contributed by atoms with Gasteiger partial charge in [0, 0.05) is 0 Å². The van der Waals surface area contributed by atoms with Crippen LogP contribution in [0.1, 0.15) is 129 Å². The Balaban J connectivity index is 1.53. The Morgan fingerprint density at radius 2 is 0.933 bits per heavy atom. The smallest absolute Gasteiger partial charge is 0.0153 e. The van der Waals surface area contributed by atoms with Gasteiger partial charge in [0.05, 0.1) is 0 Å². The minimum absolute atomic E-state index is 0.780. The lowest BCUT2D eigenvalue weighted by Gasteiger charge is -2.26. The first-order valence-corrected chi connectivity index (χ1v) is 13.7. The van der Waals surface area contributed by atoms with Crippen molar-refractivity contribution in [2.24, 2.45) is 23.7 Å². The molecule has 0 N–H and O–H groups in total. The van der Waals surface area contributed by atoms with Crippen LogP contribution in [0.2, 0.25) is 0 Å². The molecule has 30 heavy (non-hydrogen) atoms. The van der Waals surface area contributed by atoms with Crippen LogP contribution in [0.4, 0.5) is 0 Å². The highest BCUT2D eigenvalue weighted by molar-refractivity contribution is 5.24. The van der Waals surface area contributed by atoms with Gasteiger partial charge in [-0.05, 0) is 87.2 Å². The van der Waals surface area contributed by atoms with Gasteiger partial charge in [0.15, 0.2) is 0 Å². The molecule has 0 heterocycles. The third-order valence-corrected chi connectivity index (χ3v) is 7.70. The molecular formula is C30H50. The van der Waals surface area contributed by atoms with E-state index < -0.39 is 0 Å². The van der Waals surface area contributed by atoms with Crippen molar-refractivity contribution < 1.29 is 0 Å². The van der Waals surface area contributed by atoms with Gasteiger partial charge in [-0.1, -0.05) is 102 Å². The molecule has 2 aliphatic carbocycles. The Kier molecular flexibility index (Phi) is 14.1. The number of hydrogen-bond donors (Lipinski definition) is 0. The van der Waals surface area contributed by atoms with Gasteiger partial charge in [0.25, 0.3) is 0 Å². The third kappa shape index (κ3) is 11.4. The van der Waals surface area contributed by atoms with Crippen LogP contribution in [-0.2, 0) is 0 Å². The van der Waals surface area contributed by atoms with Crippen molar-refractivity contribution in [3.63, 3.8) is 0 Å². The van der Waals surface area contributed by atoms with Crippen molar-refractivity contribution in [3.05, 3.63) is 24.3 Å². The van der Waals surface area contributed by atoms with Gasteiger partial charge in [-0.2, -0.15) is 0 Å². The maximum atomic E-state index is 3.26. The van der Waals surface area contributed by atoms with Gasteiger partial charge in [0.2, 0.25) is 0 Å². The van der Waals surface area contributed by atoms with E-state index in [2.05, 4.69) is 50.0 Å². The molecule has 170 valence electrons. The third-order valence-electron chi connectivity index (χ3n) is 7.70. The van der Waals surface area contributed by atoms with Crippen LogP contribution in [0.3, 0.4) is 0 Å². The molecule has 0 spiro atoms. The molecule has 2 fully saturated rings. The second kappa shape index (κ2) is 16.7. The van der Waals surface area contributed by atoms with Gasteiger partial charge in [-0.3, -0.25) is 0 Å². The summed E-state index contributed by atoms with van der Waals surface area (Å²) in [6.07, 6.45) is 34.6. The summed E-state index contributed by atoms with van der Waals surface area (Å²) in [5.41, 5.74) is 0. The first kappa shape index (κ1) is 25.3. The summed E-state index contributed by atoms with van der Waals surface area (Å²) in [7, 11) is 0. The zero-order chi connectivity index (χ0) is 21.3. The lowest BCUT2D eigenvalue weighted by molar-refractivity contribution is 0.288.